The van der Waals surface area contributed by atoms with E-state index in [0.29, 0.717) is 24.7 Å². The van der Waals surface area contributed by atoms with Crippen LogP contribution in [0.25, 0.3) is 0 Å². The van der Waals surface area contributed by atoms with Crippen molar-refractivity contribution >= 4 is 23.4 Å². The molecule has 1 aromatic rings. The van der Waals surface area contributed by atoms with Crippen molar-refractivity contribution in [3.63, 3.8) is 0 Å². The second-order valence-electron chi connectivity index (χ2n) is 3.15. The smallest absolute Gasteiger partial charge is 0.234 e. The van der Waals surface area contributed by atoms with Crippen LogP contribution in [-0.2, 0) is 4.79 Å². The maximum Gasteiger partial charge on any atom is 0.234 e. The van der Waals surface area contributed by atoms with Crippen LogP contribution < -0.4 is 15.8 Å². The number of carbonyl (C=O) groups excluding carboxylic acids is 1. The Bertz CT molecular complexity index is 345. The number of thioether (sulfide) groups is 1. The second kappa shape index (κ2) is 7.14. The molecule has 88 valence electrons. The van der Waals surface area contributed by atoms with Gasteiger partial charge in [0.2, 0.25) is 5.91 Å². The number of rotatable bonds is 6. The Morgan fingerprint density at radius 1 is 1.56 bits per heavy atom. The average molecular weight is 240 g/mol. The standard InChI is InChI=1S/C11H16N2O2S/c1-16-8-11(14)13-9-3-2-4-10(7-9)15-6-5-12/h2-4,7H,5-6,8,12H2,1H3,(H,13,14). The van der Waals surface area contributed by atoms with Gasteiger partial charge in [0.1, 0.15) is 12.4 Å². The fourth-order valence-electron chi connectivity index (χ4n) is 1.17. The van der Waals surface area contributed by atoms with Crippen molar-refractivity contribution in [3.8, 4) is 5.75 Å². The van der Waals surface area contributed by atoms with Crippen LogP contribution in [0.3, 0.4) is 0 Å². The molecule has 0 saturated heterocycles. The maximum absolute atomic E-state index is 11.3. The lowest BCUT2D eigenvalue weighted by molar-refractivity contribution is -0.113. The lowest BCUT2D eigenvalue weighted by Gasteiger charge is -2.07. The van der Waals surface area contributed by atoms with Crippen molar-refractivity contribution in [2.75, 3.05) is 30.5 Å². The second-order valence-corrected chi connectivity index (χ2v) is 4.01. The van der Waals surface area contributed by atoms with Crippen LogP contribution in [0.5, 0.6) is 5.75 Å². The SMILES string of the molecule is CSCC(=O)Nc1cccc(OCCN)c1. The summed E-state index contributed by atoms with van der Waals surface area (Å²) in [4.78, 5) is 11.3. The molecule has 0 atom stereocenters. The summed E-state index contributed by atoms with van der Waals surface area (Å²) < 4.78 is 5.36. The van der Waals surface area contributed by atoms with E-state index in [0.717, 1.165) is 5.69 Å². The van der Waals surface area contributed by atoms with Gasteiger partial charge in [-0.05, 0) is 18.4 Å². The van der Waals surface area contributed by atoms with Crippen molar-refractivity contribution < 1.29 is 9.53 Å². The van der Waals surface area contributed by atoms with E-state index >= 15 is 0 Å². The first-order valence-corrected chi connectivity index (χ1v) is 6.37. The quantitative estimate of drug-likeness (QED) is 0.787. The number of nitrogens with two attached hydrogens (primary N) is 1. The van der Waals surface area contributed by atoms with Gasteiger partial charge in [-0.25, -0.2) is 0 Å². The van der Waals surface area contributed by atoms with Gasteiger partial charge in [-0.1, -0.05) is 6.07 Å². The number of ether oxygens (including phenoxy) is 1. The molecule has 0 aliphatic heterocycles. The molecular weight excluding hydrogens is 224 g/mol. The van der Waals surface area contributed by atoms with E-state index in [-0.39, 0.29) is 5.91 Å². The molecule has 0 radical (unpaired) electrons. The van der Waals surface area contributed by atoms with Crippen LogP contribution in [0.1, 0.15) is 0 Å². The molecule has 0 saturated carbocycles. The van der Waals surface area contributed by atoms with Gasteiger partial charge in [0.15, 0.2) is 0 Å². The highest BCUT2D eigenvalue weighted by molar-refractivity contribution is 7.99. The van der Waals surface area contributed by atoms with Gasteiger partial charge >= 0.3 is 0 Å². The topological polar surface area (TPSA) is 64.3 Å². The van der Waals surface area contributed by atoms with Gasteiger partial charge in [0, 0.05) is 18.3 Å². The number of hydrogen-bond acceptors (Lipinski definition) is 4. The highest BCUT2D eigenvalue weighted by Gasteiger charge is 2.01. The molecule has 4 nitrogen and oxygen atoms in total. The molecule has 0 aliphatic rings. The Hall–Kier alpha value is -1.20. The third-order valence-corrected chi connectivity index (χ3v) is 2.33. The minimum Gasteiger partial charge on any atom is -0.492 e. The van der Waals surface area contributed by atoms with Crippen molar-refractivity contribution in [2.45, 2.75) is 0 Å². The zero-order chi connectivity index (χ0) is 11.8. The lowest BCUT2D eigenvalue weighted by Crippen LogP contribution is -2.14. The van der Waals surface area contributed by atoms with Crippen LogP contribution in [0.4, 0.5) is 5.69 Å². The first-order chi connectivity index (χ1) is 7.76. The predicted molar refractivity (Wildman–Crippen MR) is 68.0 cm³/mol. The van der Waals surface area contributed by atoms with E-state index in [1.807, 2.05) is 24.5 Å². The molecular formula is C11H16N2O2S. The van der Waals surface area contributed by atoms with E-state index in [2.05, 4.69) is 5.32 Å². The Balaban J connectivity index is 2.56. The average Bonchev–Trinajstić information content (AvgIpc) is 2.27. The molecule has 1 amide bonds. The Morgan fingerprint density at radius 3 is 3.06 bits per heavy atom. The number of carbonyl (C=O) groups is 1. The van der Waals surface area contributed by atoms with Gasteiger partial charge in [-0.3, -0.25) is 4.79 Å². The van der Waals surface area contributed by atoms with E-state index in [4.69, 9.17) is 10.5 Å². The fraction of sp³-hybridized carbons (Fsp3) is 0.364. The van der Waals surface area contributed by atoms with E-state index in [9.17, 15) is 4.79 Å². The minimum atomic E-state index is -0.0107. The van der Waals surface area contributed by atoms with Gasteiger partial charge < -0.3 is 15.8 Å². The first kappa shape index (κ1) is 12.9. The molecule has 0 aliphatic carbocycles. The number of benzene rings is 1. The number of nitrogens with one attached hydrogen (secondary N) is 1. The summed E-state index contributed by atoms with van der Waals surface area (Å²) in [6.45, 7) is 0.950. The van der Waals surface area contributed by atoms with Crippen molar-refractivity contribution in [3.05, 3.63) is 24.3 Å². The molecule has 0 spiro atoms. The van der Waals surface area contributed by atoms with Crippen LogP contribution in [0.2, 0.25) is 0 Å². The molecule has 1 aromatic carbocycles. The summed E-state index contributed by atoms with van der Waals surface area (Å²) >= 11 is 1.49. The summed E-state index contributed by atoms with van der Waals surface area (Å²) in [6.07, 6.45) is 1.89. The van der Waals surface area contributed by atoms with Gasteiger partial charge in [0.25, 0.3) is 0 Å². The maximum atomic E-state index is 11.3. The molecule has 5 heteroatoms. The Labute approximate surface area is 99.5 Å². The molecule has 3 N–H and O–H groups in total. The minimum absolute atomic E-state index is 0.0107. The number of hydrogen-bond donors (Lipinski definition) is 2. The summed E-state index contributed by atoms with van der Waals surface area (Å²) in [6, 6.07) is 7.28. The van der Waals surface area contributed by atoms with Crippen molar-refractivity contribution in [2.24, 2.45) is 5.73 Å². The summed E-state index contributed by atoms with van der Waals surface area (Å²) in [5.41, 5.74) is 6.08. The van der Waals surface area contributed by atoms with Gasteiger partial charge in [-0.2, -0.15) is 11.8 Å². The largest absolute Gasteiger partial charge is 0.492 e. The molecule has 0 bridgehead atoms. The lowest BCUT2D eigenvalue weighted by atomic mass is 10.3. The summed E-state index contributed by atoms with van der Waals surface area (Å²) in [5.74, 6) is 1.16. The molecule has 0 unspecified atom stereocenters. The Kier molecular flexibility index (Phi) is 5.74. The summed E-state index contributed by atoms with van der Waals surface area (Å²) in [7, 11) is 0. The fourth-order valence-corrected chi connectivity index (χ4v) is 1.50. The van der Waals surface area contributed by atoms with Crippen LogP contribution in [0.15, 0.2) is 24.3 Å². The monoisotopic (exact) mass is 240 g/mol. The van der Waals surface area contributed by atoms with E-state index in [1.54, 1.807) is 6.07 Å². The highest BCUT2D eigenvalue weighted by Crippen LogP contribution is 2.17. The molecule has 0 heterocycles. The zero-order valence-corrected chi connectivity index (χ0v) is 10.0. The summed E-state index contributed by atoms with van der Waals surface area (Å²) in [5, 5.41) is 2.79. The normalized spacial score (nSPS) is 9.88. The van der Waals surface area contributed by atoms with E-state index in [1.165, 1.54) is 11.8 Å². The third kappa shape index (κ3) is 4.55. The molecule has 16 heavy (non-hydrogen) atoms. The molecule has 0 aromatic heterocycles. The first-order valence-electron chi connectivity index (χ1n) is 4.98. The van der Waals surface area contributed by atoms with Crippen LogP contribution in [-0.4, -0.2) is 31.1 Å². The third-order valence-electron chi connectivity index (χ3n) is 1.78. The number of amides is 1. The zero-order valence-electron chi connectivity index (χ0n) is 9.23. The Morgan fingerprint density at radius 2 is 2.38 bits per heavy atom. The van der Waals surface area contributed by atoms with Crippen LogP contribution in [0, 0.1) is 0 Å². The van der Waals surface area contributed by atoms with Crippen molar-refractivity contribution in [1.82, 2.24) is 0 Å². The number of anilines is 1. The predicted octanol–water partition coefficient (Wildman–Crippen LogP) is 1.33. The van der Waals surface area contributed by atoms with Crippen LogP contribution >= 0.6 is 11.8 Å². The van der Waals surface area contributed by atoms with E-state index < -0.39 is 0 Å². The highest BCUT2D eigenvalue weighted by atomic mass is 32.2. The molecule has 0 fully saturated rings. The van der Waals surface area contributed by atoms with Crippen molar-refractivity contribution in [1.29, 1.82) is 0 Å². The molecule has 1 rings (SSSR count). The van der Waals surface area contributed by atoms with Gasteiger partial charge in [-0.15, -0.1) is 0 Å². The van der Waals surface area contributed by atoms with Gasteiger partial charge in [0.05, 0.1) is 5.75 Å².